The van der Waals surface area contributed by atoms with Crippen LogP contribution >= 0.6 is 0 Å². The van der Waals surface area contributed by atoms with Crippen LogP contribution in [0.1, 0.15) is 18.4 Å². The van der Waals surface area contributed by atoms with Crippen molar-refractivity contribution in [3.63, 3.8) is 0 Å². The van der Waals surface area contributed by atoms with Crippen molar-refractivity contribution < 1.29 is 22.7 Å². The number of benzene rings is 1. The highest BCUT2D eigenvalue weighted by molar-refractivity contribution is 5.54. The normalized spacial score (nSPS) is 15.1. The topological polar surface area (TPSA) is 38.7 Å². The maximum atomic E-state index is 12.6. The molecule has 1 aromatic carbocycles. The average molecular weight is 257 g/mol. The fraction of sp³-hybridized carbons (Fsp3) is 0.417. The van der Waals surface area contributed by atoms with E-state index in [1.165, 1.54) is 12.1 Å². The molecule has 0 unspecified atom stereocenters. The Kier molecular flexibility index (Phi) is 3.39. The van der Waals surface area contributed by atoms with E-state index in [9.17, 15) is 18.0 Å². The molecule has 0 aliphatic heterocycles. The minimum atomic E-state index is -4.49. The maximum Gasteiger partial charge on any atom is 0.416 e. The molecule has 96 valence electrons. The van der Waals surface area contributed by atoms with E-state index in [1.54, 1.807) is 0 Å². The van der Waals surface area contributed by atoms with Crippen LogP contribution in [-0.4, -0.2) is 12.7 Å². The van der Waals surface area contributed by atoms with Crippen molar-refractivity contribution in [1.82, 2.24) is 0 Å². The molecule has 0 aromatic heterocycles. The third-order valence-electron chi connectivity index (χ3n) is 2.58. The summed E-state index contributed by atoms with van der Waals surface area (Å²) in [6, 6.07) is 2.99. The van der Waals surface area contributed by atoms with Crippen molar-refractivity contribution in [1.29, 1.82) is 0 Å². The predicted molar refractivity (Wildman–Crippen MR) is 57.4 cm³/mol. The lowest BCUT2D eigenvalue weighted by Gasteiger charge is -2.11. The van der Waals surface area contributed by atoms with Gasteiger partial charge in [0.25, 0.3) is 0 Å². The summed E-state index contributed by atoms with van der Waals surface area (Å²) in [6.07, 6.45) is -1.19. The lowest BCUT2D eigenvalue weighted by molar-refractivity contribution is -0.137. The van der Waals surface area contributed by atoms with E-state index in [0.29, 0.717) is 12.5 Å². The van der Waals surface area contributed by atoms with Crippen LogP contribution in [0, 0.1) is 5.92 Å². The van der Waals surface area contributed by atoms with Gasteiger partial charge in [-0.1, -0.05) is 0 Å². The molecule has 0 atom stereocenters. The molecule has 1 aliphatic rings. The Balaban J connectivity index is 2.25. The lowest BCUT2D eigenvalue weighted by Crippen LogP contribution is -2.06. The maximum absolute atomic E-state index is 12.6. The quantitative estimate of drug-likeness (QED) is 0.612. The molecule has 0 radical (unpaired) electrons. The molecule has 1 aromatic rings. The van der Waals surface area contributed by atoms with Gasteiger partial charge in [0.15, 0.2) is 0 Å². The summed E-state index contributed by atoms with van der Waals surface area (Å²) in [5, 5.41) is 0. The van der Waals surface area contributed by atoms with Crippen LogP contribution in [0.15, 0.2) is 23.2 Å². The van der Waals surface area contributed by atoms with Crippen molar-refractivity contribution in [3.05, 3.63) is 23.8 Å². The van der Waals surface area contributed by atoms with Crippen LogP contribution in [-0.2, 0) is 11.0 Å². The molecule has 18 heavy (non-hydrogen) atoms. The van der Waals surface area contributed by atoms with Gasteiger partial charge >= 0.3 is 6.18 Å². The molecule has 1 saturated carbocycles. The molecule has 2 rings (SSSR count). The fourth-order valence-corrected chi connectivity index (χ4v) is 1.45. The van der Waals surface area contributed by atoms with E-state index in [4.69, 9.17) is 4.74 Å². The van der Waals surface area contributed by atoms with Gasteiger partial charge in [-0.25, -0.2) is 4.79 Å². The molecule has 3 nitrogen and oxygen atoms in total. The van der Waals surface area contributed by atoms with Gasteiger partial charge in [-0.05, 0) is 30.9 Å². The molecule has 0 saturated heterocycles. The van der Waals surface area contributed by atoms with Crippen molar-refractivity contribution in [3.8, 4) is 5.75 Å². The number of halogens is 3. The third kappa shape index (κ3) is 3.34. The van der Waals surface area contributed by atoms with Gasteiger partial charge in [-0.2, -0.15) is 18.2 Å². The smallest absolute Gasteiger partial charge is 0.416 e. The zero-order chi connectivity index (χ0) is 13.2. The van der Waals surface area contributed by atoms with Gasteiger partial charge in [-0.3, -0.25) is 0 Å². The highest BCUT2D eigenvalue weighted by Crippen LogP contribution is 2.36. The number of rotatable bonds is 4. The SMILES string of the molecule is O=C=Nc1cc(OCC2CC2)cc(C(F)(F)F)c1. The molecule has 1 aliphatic carbocycles. The van der Waals surface area contributed by atoms with Gasteiger partial charge < -0.3 is 4.74 Å². The number of hydrogen-bond acceptors (Lipinski definition) is 3. The first-order valence-electron chi connectivity index (χ1n) is 5.42. The Labute approximate surface area is 101 Å². The van der Waals surface area contributed by atoms with Gasteiger partial charge in [0, 0.05) is 6.07 Å². The zero-order valence-corrected chi connectivity index (χ0v) is 9.33. The lowest BCUT2D eigenvalue weighted by atomic mass is 10.2. The van der Waals surface area contributed by atoms with Crippen LogP contribution in [0.25, 0.3) is 0 Å². The summed E-state index contributed by atoms with van der Waals surface area (Å²) in [6.45, 7) is 0.394. The molecule has 0 spiro atoms. The predicted octanol–water partition coefficient (Wildman–Crippen LogP) is 3.46. The molecular weight excluding hydrogens is 247 g/mol. The number of carbonyl (C=O) groups excluding carboxylic acids is 1. The van der Waals surface area contributed by atoms with E-state index in [-0.39, 0.29) is 11.4 Å². The second-order valence-electron chi connectivity index (χ2n) is 4.17. The van der Waals surface area contributed by atoms with E-state index in [2.05, 4.69) is 4.99 Å². The summed E-state index contributed by atoms with van der Waals surface area (Å²) in [4.78, 5) is 13.3. The van der Waals surface area contributed by atoms with Crippen LogP contribution in [0.3, 0.4) is 0 Å². The van der Waals surface area contributed by atoms with Gasteiger partial charge in [0.1, 0.15) is 5.75 Å². The number of isocyanates is 1. The van der Waals surface area contributed by atoms with Crippen LogP contribution in [0.5, 0.6) is 5.75 Å². The molecule has 0 heterocycles. The summed E-state index contributed by atoms with van der Waals surface area (Å²) in [5.41, 5.74) is -0.990. The van der Waals surface area contributed by atoms with E-state index in [1.807, 2.05) is 0 Å². The Morgan fingerprint density at radius 3 is 2.61 bits per heavy atom. The molecule has 6 heteroatoms. The summed E-state index contributed by atoms with van der Waals surface area (Å²) < 4.78 is 43.1. The minimum Gasteiger partial charge on any atom is -0.493 e. The fourth-order valence-electron chi connectivity index (χ4n) is 1.45. The van der Waals surface area contributed by atoms with Crippen LogP contribution in [0.2, 0.25) is 0 Å². The van der Waals surface area contributed by atoms with Crippen LogP contribution in [0.4, 0.5) is 18.9 Å². The number of ether oxygens (including phenoxy) is 1. The van der Waals surface area contributed by atoms with E-state index >= 15 is 0 Å². The second kappa shape index (κ2) is 4.82. The molecule has 0 N–H and O–H groups in total. The zero-order valence-electron chi connectivity index (χ0n) is 9.33. The number of hydrogen-bond donors (Lipinski definition) is 0. The van der Waals surface area contributed by atoms with Gasteiger partial charge in [0.2, 0.25) is 6.08 Å². The highest BCUT2D eigenvalue weighted by Gasteiger charge is 2.31. The minimum absolute atomic E-state index is 0.0747. The average Bonchev–Trinajstić information content (AvgIpc) is 3.09. The summed E-state index contributed by atoms with van der Waals surface area (Å²) >= 11 is 0. The first-order valence-corrected chi connectivity index (χ1v) is 5.42. The summed E-state index contributed by atoms with van der Waals surface area (Å²) in [7, 11) is 0. The van der Waals surface area contributed by atoms with Crippen molar-refractivity contribution in [2.75, 3.05) is 6.61 Å². The van der Waals surface area contributed by atoms with Gasteiger partial charge in [0.05, 0.1) is 17.9 Å². The third-order valence-corrected chi connectivity index (χ3v) is 2.58. The standard InChI is InChI=1S/C12H10F3NO2/c13-12(14,15)9-3-10(16-7-17)5-11(4-9)18-6-8-1-2-8/h3-5,8H,1-2,6H2. The Bertz CT molecular complexity index is 489. The molecule has 0 bridgehead atoms. The Hall–Kier alpha value is -1.81. The monoisotopic (exact) mass is 257 g/mol. The summed E-state index contributed by atoms with van der Waals surface area (Å²) in [5.74, 6) is 0.503. The van der Waals surface area contributed by atoms with E-state index in [0.717, 1.165) is 25.0 Å². The second-order valence-corrected chi connectivity index (χ2v) is 4.17. The Morgan fingerprint density at radius 1 is 1.33 bits per heavy atom. The largest absolute Gasteiger partial charge is 0.493 e. The van der Waals surface area contributed by atoms with Crippen molar-refractivity contribution in [2.45, 2.75) is 19.0 Å². The van der Waals surface area contributed by atoms with Crippen molar-refractivity contribution in [2.24, 2.45) is 10.9 Å². The molecular formula is C12H10F3NO2. The van der Waals surface area contributed by atoms with E-state index < -0.39 is 11.7 Å². The first-order chi connectivity index (χ1) is 8.49. The highest BCUT2D eigenvalue weighted by atomic mass is 19.4. The molecule has 0 amide bonds. The first kappa shape index (κ1) is 12.6. The number of nitrogens with zero attached hydrogens (tertiary/aromatic N) is 1. The van der Waals surface area contributed by atoms with Crippen molar-refractivity contribution >= 4 is 11.8 Å². The van der Waals surface area contributed by atoms with Crippen LogP contribution < -0.4 is 4.74 Å². The van der Waals surface area contributed by atoms with Gasteiger partial charge in [-0.15, -0.1) is 0 Å². The molecule has 1 fully saturated rings. The number of aliphatic imine (C=N–C) groups is 1. The Morgan fingerprint density at radius 2 is 2.06 bits per heavy atom. The number of alkyl halides is 3.